The minimum absolute atomic E-state index is 0.304. The van der Waals surface area contributed by atoms with E-state index in [2.05, 4.69) is 86.6 Å². The van der Waals surface area contributed by atoms with E-state index in [4.69, 9.17) is 14.2 Å². The molecule has 1 aromatic carbocycles. The van der Waals surface area contributed by atoms with Gasteiger partial charge < -0.3 is 14.2 Å². The fraction of sp³-hybridized carbons (Fsp3) is 0.860. The van der Waals surface area contributed by atoms with E-state index >= 15 is 0 Å². The van der Waals surface area contributed by atoms with Gasteiger partial charge in [-0.25, -0.2) is 0 Å². The third-order valence-electron chi connectivity index (χ3n) is 10.8. The highest BCUT2D eigenvalue weighted by atomic mass is 16.5. The molecule has 0 spiro atoms. The van der Waals surface area contributed by atoms with Crippen LogP contribution in [-0.2, 0) is 9.47 Å². The summed E-state index contributed by atoms with van der Waals surface area (Å²) in [4.78, 5) is 0. The second-order valence-corrected chi connectivity index (χ2v) is 17.3. The Kier molecular flexibility index (Phi) is 18.9. The van der Waals surface area contributed by atoms with Gasteiger partial charge in [0, 0.05) is 6.61 Å². The summed E-state index contributed by atoms with van der Waals surface area (Å²) in [7, 11) is 0. The van der Waals surface area contributed by atoms with Gasteiger partial charge in [0.05, 0.1) is 18.8 Å². The van der Waals surface area contributed by atoms with Crippen LogP contribution < -0.4 is 4.74 Å². The Hall–Kier alpha value is -1.06. The number of ether oxygens (including phenoxy) is 3. The Balaban J connectivity index is 0.000000332. The molecule has 0 aliphatic heterocycles. The van der Waals surface area contributed by atoms with Gasteiger partial charge in [-0.05, 0) is 110 Å². The first kappa shape index (κ1) is 41.1. The number of fused-ring (bicyclic) bond motifs is 1. The second kappa shape index (κ2) is 21.1. The molecule has 3 nitrogen and oxygen atoms in total. The second-order valence-electron chi connectivity index (χ2n) is 17.3. The lowest BCUT2D eigenvalue weighted by Crippen LogP contribution is -2.33. The standard InChI is InChI=1S/C25H42O2.C16H30O.C2H6/c1-24(2,3)23(25(4,5)6)16-17-26-18-19-27-22-14-12-21(13-15-22)20-10-8-7-9-11-20;1-12(2)10-13(3)17-16-9-8-14-6-4-5-7-15(14)11-16;1-2/h12-15,20,23H,7-11,16-19H2,1-6H3;12-16H,4-11H2,1-3H3;1-2H3. The average Bonchev–Trinajstić information content (AvgIpc) is 3.01. The monoisotopic (exact) mass is 643 g/mol. The van der Waals surface area contributed by atoms with Gasteiger partial charge in [-0.2, -0.15) is 0 Å². The van der Waals surface area contributed by atoms with Gasteiger partial charge >= 0.3 is 0 Å². The molecule has 3 fully saturated rings. The topological polar surface area (TPSA) is 27.7 Å². The molecule has 268 valence electrons. The van der Waals surface area contributed by atoms with E-state index in [1.807, 2.05) is 13.8 Å². The van der Waals surface area contributed by atoms with Crippen molar-refractivity contribution in [3.05, 3.63) is 29.8 Å². The van der Waals surface area contributed by atoms with Gasteiger partial charge in [0.1, 0.15) is 12.4 Å². The summed E-state index contributed by atoms with van der Waals surface area (Å²) in [6.45, 7) is 26.9. The number of rotatable bonds is 12. The average molecular weight is 643 g/mol. The quantitative estimate of drug-likeness (QED) is 0.212. The molecule has 0 aromatic heterocycles. The zero-order valence-corrected chi connectivity index (χ0v) is 32.6. The van der Waals surface area contributed by atoms with E-state index in [0.29, 0.717) is 42.2 Å². The first-order valence-corrected chi connectivity index (χ1v) is 19.8. The molecule has 1 aromatic rings. The van der Waals surface area contributed by atoms with Crippen LogP contribution in [0.2, 0.25) is 0 Å². The van der Waals surface area contributed by atoms with Crippen LogP contribution in [0.1, 0.15) is 178 Å². The molecule has 4 rings (SSSR count). The van der Waals surface area contributed by atoms with Gasteiger partial charge in [0.15, 0.2) is 0 Å². The van der Waals surface area contributed by atoms with Crippen LogP contribution in [0.5, 0.6) is 5.75 Å². The number of hydrogen-bond acceptors (Lipinski definition) is 3. The first-order valence-electron chi connectivity index (χ1n) is 19.8. The Morgan fingerprint density at radius 2 is 1.26 bits per heavy atom. The SMILES string of the molecule is CC.CC(C)(C)C(CCOCCOc1ccc(C2CCCCC2)cc1)C(C)(C)C.CC(C)CC(C)OC1CCC2CCCCC2C1. The van der Waals surface area contributed by atoms with Crippen LogP contribution in [0.4, 0.5) is 0 Å². The molecule has 4 atom stereocenters. The summed E-state index contributed by atoms with van der Waals surface area (Å²) in [6, 6.07) is 8.76. The normalized spacial score (nSPS) is 23.1. The molecule has 0 amide bonds. The van der Waals surface area contributed by atoms with E-state index in [1.54, 1.807) is 0 Å². The molecule has 3 aliphatic carbocycles. The largest absolute Gasteiger partial charge is 0.491 e. The molecular formula is C43H78O3. The van der Waals surface area contributed by atoms with Crippen molar-refractivity contribution in [1.82, 2.24) is 0 Å². The minimum atomic E-state index is 0.304. The predicted octanol–water partition coefficient (Wildman–Crippen LogP) is 13.1. The Labute approximate surface area is 287 Å². The summed E-state index contributed by atoms with van der Waals surface area (Å²) >= 11 is 0. The maximum Gasteiger partial charge on any atom is 0.119 e. The molecule has 0 radical (unpaired) electrons. The number of benzene rings is 1. The van der Waals surface area contributed by atoms with Crippen molar-refractivity contribution in [2.24, 2.45) is 34.5 Å². The smallest absolute Gasteiger partial charge is 0.119 e. The summed E-state index contributed by atoms with van der Waals surface area (Å²) < 4.78 is 18.0. The Morgan fingerprint density at radius 1 is 0.674 bits per heavy atom. The Morgan fingerprint density at radius 3 is 1.85 bits per heavy atom. The predicted molar refractivity (Wildman–Crippen MR) is 200 cm³/mol. The van der Waals surface area contributed by atoms with Crippen molar-refractivity contribution in [3.63, 3.8) is 0 Å². The van der Waals surface area contributed by atoms with Crippen molar-refractivity contribution >= 4 is 0 Å². The molecule has 46 heavy (non-hydrogen) atoms. The molecule has 0 N–H and O–H groups in total. The van der Waals surface area contributed by atoms with Crippen LogP contribution >= 0.6 is 0 Å². The molecule has 0 saturated heterocycles. The lowest BCUT2D eigenvalue weighted by atomic mass is 9.65. The van der Waals surface area contributed by atoms with Crippen LogP contribution in [0.25, 0.3) is 0 Å². The Bertz CT molecular complexity index is 872. The fourth-order valence-corrected chi connectivity index (χ4v) is 8.96. The third kappa shape index (κ3) is 15.4. The van der Waals surface area contributed by atoms with Crippen LogP contribution in [0.3, 0.4) is 0 Å². The highest BCUT2D eigenvalue weighted by Crippen LogP contribution is 2.43. The molecule has 3 heteroatoms. The summed E-state index contributed by atoms with van der Waals surface area (Å²) in [5, 5.41) is 0. The minimum Gasteiger partial charge on any atom is -0.491 e. The van der Waals surface area contributed by atoms with Crippen molar-refractivity contribution in [3.8, 4) is 5.75 Å². The molecule has 3 saturated carbocycles. The number of hydrogen-bond donors (Lipinski definition) is 0. The summed E-state index contributed by atoms with van der Waals surface area (Å²) in [5.74, 6) is 5.15. The summed E-state index contributed by atoms with van der Waals surface area (Å²) in [6.07, 6.45) is 20.2. The van der Waals surface area contributed by atoms with Gasteiger partial charge in [-0.3, -0.25) is 0 Å². The summed E-state index contributed by atoms with van der Waals surface area (Å²) in [5.41, 5.74) is 2.09. The molecule has 0 heterocycles. The molecular weight excluding hydrogens is 564 g/mol. The molecule has 4 unspecified atom stereocenters. The first-order chi connectivity index (χ1) is 21.8. The lowest BCUT2D eigenvalue weighted by Gasteiger charge is -2.41. The van der Waals surface area contributed by atoms with Gasteiger partial charge in [0.25, 0.3) is 0 Å². The van der Waals surface area contributed by atoms with Crippen molar-refractivity contribution in [2.45, 2.75) is 184 Å². The van der Waals surface area contributed by atoms with Gasteiger partial charge in [-0.15, -0.1) is 0 Å². The van der Waals surface area contributed by atoms with Crippen LogP contribution in [-0.4, -0.2) is 32.0 Å². The van der Waals surface area contributed by atoms with Crippen LogP contribution in [0, 0.1) is 34.5 Å². The highest BCUT2D eigenvalue weighted by molar-refractivity contribution is 5.29. The third-order valence-corrected chi connectivity index (χ3v) is 10.8. The maximum atomic E-state index is 6.25. The maximum absolute atomic E-state index is 6.25. The van der Waals surface area contributed by atoms with E-state index in [1.165, 1.54) is 89.0 Å². The van der Waals surface area contributed by atoms with E-state index in [0.717, 1.165) is 42.4 Å². The van der Waals surface area contributed by atoms with Gasteiger partial charge in [0.2, 0.25) is 0 Å². The van der Waals surface area contributed by atoms with Crippen molar-refractivity contribution in [2.75, 3.05) is 19.8 Å². The fourth-order valence-electron chi connectivity index (χ4n) is 8.96. The van der Waals surface area contributed by atoms with E-state index in [-0.39, 0.29) is 0 Å². The van der Waals surface area contributed by atoms with E-state index in [9.17, 15) is 0 Å². The zero-order chi connectivity index (χ0) is 34.2. The zero-order valence-electron chi connectivity index (χ0n) is 32.6. The van der Waals surface area contributed by atoms with Crippen molar-refractivity contribution < 1.29 is 14.2 Å². The van der Waals surface area contributed by atoms with E-state index < -0.39 is 0 Å². The highest BCUT2D eigenvalue weighted by Gasteiger charge is 2.34. The van der Waals surface area contributed by atoms with Gasteiger partial charge in [-0.1, -0.05) is 126 Å². The van der Waals surface area contributed by atoms with Crippen LogP contribution in [0.15, 0.2) is 24.3 Å². The lowest BCUT2D eigenvalue weighted by molar-refractivity contribution is -0.0558. The van der Waals surface area contributed by atoms with Crippen molar-refractivity contribution in [1.29, 1.82) is 0 Å². The molecule has 3 aliphatic rings. The molecule has 0 bridgehead atoms.